The minimum Gasteiger partial charge on any atom is -0.322 e. The zero-order valence-electron chi connectivity index (χ0n) is 13.9. The number of benzene rings is 2. The summed E-state index contributed by atoms with van der Waals surface area (Å²) in [6.07, 6.45) is 5.39. The molecule has 132 valence electrons. The third-order valence-corrected chi connectivity index (χ3v) is 3.99. The zero-order chi connectivity index (χ0) is 18.8. The number of amides is 1. The molecule has 0 spiro atoms. The van der Waals surface area contributed by atoms with Gasteiger partial charge in [-0.1, -0.05) is 12.1 Å². The smallest absolute Gasteiger partial charge is 0.269 e. The molecule has 2 aromatic heterocycles. The topological polar surface area (TPSA) is 102 Å². The van der Waals surface area contributed by atoms with E-state index >= 15 is 0 Å². The summed E-state index contributed by atoms with van der Waals surface area (Å²) < 4.78 is 1.82. The second-order valence-electron chi connectivity index (χ2n) is 5.79. The van der Waals surface area contributed by atoms with E-state index in [0.717, 1.165) is 11.3 Å². The molecule has 8 nitrogen and oxygen atoms in total. The van der Waals surface area contributed by atoms with E-state index in [1.807, 2.05) is 41.1 Å². The van der Waals surface area contributed by atoms with Crippen LogP contribution in [0.4, 0.5) is 11.4 Å². The number of non-ortho nitro benzene ring substituents is 1. The number of imidazole rings is 1. The molecule has 0 aliphatic carbocycles. The molecule has 0 saturated heterocycles. The number of nitro groups is 1. The third-order valence-electron chi connectivity index (χ3n) is 3.99. The fourth-order valence-corrected chi connectivity index (χ4v) is 2.66. The second kappa shape index (κ2) is 6.68. The van der Waals surface area contributed by atoms with E-state index in [4.69, 9.17) is 0 Å². The highest BCUT2D eigenvalue weighted by Gasteiger charge is 2.11. The molecule has 0 saturated carbocycles. The lowest BCUT2D eigenvalue weighted by Crippen LogP contribution is -2.11. The van der Waals surface area contributed by atoms with Crippen molar-refractivity contribution < 1.29 is 9.72 Å². The number of aromatic nitrogens is 3. The molecule has 27 heavy (non-hydrogen) atoms. The summed E-state index contributed by atoms with van der Waals surface area (Å²) in [6, 6.07) is 14.5. The van der Waals surface area contributed by atoms with Crippen molar-refractivity contribution >= 4 is 23.1 Å². The monoisotopic (exact) mass is 359 g/mol. The van der Waals surface area contributed by atoms with Gasteiger partial charge < -0.3 is 5.32 Å². The molecule has 4 aromatic rings. The highest BCUT2D eigenvalue weighted by Crippen LogP contribution is 2.22. The number of hydrogen-bond acceptors (Lipinski definition) is 5. The molecule has 0 atom stereocenters. The van der Waals surface area contributed by atoms with Crippen LogP contribution >= 0.6 is 0 Å². The SMILES string of the molecule is O=C(Nc1cccc(-c2cn3cccnc3n2)c1)c1ccc([N+](=O)[O-])cc1. The summed E-state index contributed by atoms with van der Waals surface area (Å²) >= 11 is 0. The Hall–Kier alpha value is -4.07. The van der Waals surface area contributed by atoms with Gasteiger partial charge in [0.25, 0.3) is 11.6 Å². The molecule has 2 aromatic carbocycles. The first kappa shape index (κ1) is 16.4. The Bertz CT molecular complexity index is 1120. The summed E-state index contributed by atoms with van der Waals surface area (Å²) in [5, 5.41) is 13.5. The second-order valence-corrected chi connectivity index (χ2v) is 5.79. The van der Waals surface area contributed by atoms with Gasteiger partial charge >= 0.3 is 0 Å². The number of hydrogen-bond donors (Lipinski definition) is 1. The molecule has 4 rings (SSSR count). The molecule has 0 aliphatic heterocycles. The number of carbonyl (C=O) groups excluding carboxylic acids is 1. The van der Waals surface area contributed by atoms with E-state index in [1.54, 1.807) is 12.3 Å². The molecular formula is C19H13N5O3. The van der Waals surface area contributed by atoms with Crippen LogP contribution in [0.15, 0.2) is 73.2 Å². The normalized spacial score (nSPS) is 10.7. The number of nitrogens with zero attached hydrogens (tertiary/aromatic N) is 4. The highest BCUT2D eigenvalue weighted by atomic mass is 16.6. The first-order valence-corrected chi connectivity index (χ1v) is 8.06. The average molecular weight is 359 g/mol. The zero-order valence-corrected chi connectivity index (χ0v) is 13.9. The molecule has 1 N–H and O–H groups in total. The van der Waals surface area contributed by atoms with Crippen LogP contribution in [-0.4, -0.2) is 25.2 Å². The van der Waals surface area contributed by atoms with E-state index < -0.39 is 4.92 Å². The van der Waals surface area contributed by atoms with Gasteiger partial charge in [0.1, 0.15) is 0 Å². The lowest BCUT2D eigenvalue weighted by Gasteiger charge is -2.06. The fraction of sp³-hybridized carbons (Fsp3) is 0. The van der Waals surface area contributed by atoms with Crippen molar-refractivity contribution in [1.29, 1.82) is 0 Å². The van der Waals surface area contributed by atoms with E-state index in [0.29, 0.717) is 17.0 Å². The standard InChI is InChI=1S/C19H13N5O3/c25-18(13-5-7-16(8-6-13)24(26)27)21-15-4-1-3-14(11-15)17-12-23-10-2-9-20-19(23)22-17/h1-12H,(H,21,25). The van der Waals surface area contributed by atoms with Crippen molar-refractivity contribution in [3.8, 4) is 11.3 Å². The number of nitrogens with one attached hydrogen (secondary N) is 1. The van der Waals surface area contributed by atoms with Crippen LogP contribution in [0, 0.1) is 10.1 Å². The largest absolute Gasteiger partial charge is 0.322 e. The lowest BCUT2D eigenvalue weighted by atomic mass is 10.1. The predicted molar refractivity (Wildman–Crippen MR) is 99.5 cm³/mol. The first-order valence-electron chi connectivity index (χ1n) is 8.06. The minimum absolute atomic E-state index is 0.0611. The average Bonchev–Trinajstić information content (AvgIpc) is 3.12. The molecule has 0 bridgehead atoms. The number of rotatable bonds is 4. The summed E-state index contributed by atoms with van der Waals surface area (Å²) in [4.78, 5) is 31.2. The van der Waals surface area contributed by atoms with Gasteiger partial charge in [0.05, 0.1) is 10.6 Å². The Labute approximate surface area is 153 Å². The third kappa shape index (κ3) is 3.36. The number of nitro benzene ring substituents is 1. The Morgan fingerprint density at radius 2 is 1.93 bits per heavy atom. The van der Waals surface area contributed by atoms with Crippen molar-refractivity contribution in [3.63, 3.8) is 0 Å². The Morgan fingerprint density at radius 1 is 1.11 bits per heavy atom. The lowest BCUT2D eigenvalue weighted by molar-refractivity contribution is -0.384. The number of anilines is 1. The van der Waals surface area contributed by atoms with Crippen LogP contribution in [0.5, 0.6) is 0 Å². The van der Waals surface area contributed by atoms with Crippen molar-refractivity contribution in [2.24, 2.45) is 0 Å². The van der Waals surface area contributed by atoms with Gasteiger partial charge in [-0.3, -0.25) is 19.3 Å². The Morgan fingerprint density at radius 3 is 2.67 bits per heavy atom. The molecule has 0 aliphatic rings. The number of fused-ring (bicyclic) bond motifs is 1. The molecule has 0 radical (unpaired) electrons. The van der Waals surface area contributed by atoms with Crippen molar-refractivity contribution in [2.75, 3.05) is 5.32 Å². The van der Waals surface area contributed by atoms with Gasteiger partial charge in [-0.05, 0) is 30.3 Å². The number of carbonyl (C=O) groups is 1. The quantitative estimate of drug-likeness (QED) is 0.443. The maximum absolute atomic E-state index is 12.4. The van der Waals surface area contributed by atoms with Crippen LogP contribution in [0.3, 0.4) is 0 Å². The van der Waals surface area contributed by atoms with Gasteiger partial charge in [-0.2, -0.15) is 0 Å². The first-order chi connectivity index (χ1) is 13.1. The maximum atomic E-state index is 12.4. The predicted octanol–water partition coefficient (Wildman–Crippen LogP) is 3.56. The molecular weight excluding hydrogens is 346 g/mol. The summed E-state index contributed by atoms with van der Waals surface area (Å²) in [5.74, 6) is 0.242. The summed E-state index contributed by atoms with van der Waals surface area (Å²) in [6.45, 7) is 0. The minimum atomic E-state index is -0.505. The Kier molecular flexibility index (Phi) is 4.06. The van der Waals surface area contributed by atoms with Crippen LogP contribution < -0.4 is 5.32 Å². The van der Waals surface area contributed by atoms with Gasteiger partial charge in [-0.15, -0.1) is 0 Å². The molecule has 0 unspecified atom stereocenters. The Balaban J connectivity index is 1.57. The molecule has 2 heterocycles. The van der Waals surface area contributed by atoms with Crippen molar-refractivity contribution in [1.82, 2.24) is 14.4 Å². The van der Waals surface area contributed by atoms with Crippen LogP contribution in [-0.2, 0) is 0 Å². The van der Waals surface area contributed by atoms with Crippen LogP contribution in [0.1, 0.15) is 10.4 Å². The van der Waals surface area contributed by atoms with Gasteiger partial charge in [0.2, 0.25) is 5.78 Å². The van der Waals surface area contributed by atoms with Gasteiger partial charge in [0.15, 0.2) is 0 Å². The highest BCUT2D eigenvalue weighted by molar-refractivity contribution is 6.04. The summed E-state index contributed by atoms with van der Waals surface area (Å²) in [7, 11) is 0. The van der Waals surface area contributed by atoms with E-state index in [9.17, 15) is 14.9 Å². The molecule has 1 amide bonds. The fourth-order valence-electron chi connectivity index (χ4n) is 2.66. The maximum Gasteiger partial charge on any atom is 0.269 e. The van der Waals surface area contributed by atoms with Crippen LogP contribution in [0.25, 0.3) is 17.0 Å². The molecule has 8 heteroatoms. The molecule has 0 fully saturated rings. The van der Waals surface area contributed by atoms with Crippen LogP contribution in [0.2, 0.25) is 0 Å². The van der Waals surface area contributed by atoms with E-state index in [2.05, 4.69) is 15.3 Å². The van der Waals surface area contributed by atoms with E-state index in [-0.39, 0.29) is 11.6 Å². The van der Waals surface area contributed by atoms with Gasteiger partial charge in [0, 0.05) is 47.5 Å². The van der Waals surface area contributed by atoms with Crippen molar-refractivity contribution in [3.05, 3.63) is 88.9 Å². The van der Waals surface area contributed by atoms with E-state index in [1.165, 1.54) is 24.3 Å². The van der Waals surface area contributed by atoms with Gasteiger partial charge in [-0.25, -0.2) is 9.97 Å². The summed E-state index contributed by atoms with van der Waals surface area (Å²) in [5.41, 5.74) is 2.44. The van der Waals surface area contributed by atoms with Crippen molar-refractivity contribution in [2.45, 2.75) is 0 Å².